The molecule has 0 radical (unpaired) electrons. The molecule has 3 amide bonds. The second-order valence-electron chi connectivity index (χ2n) is 8.30. The number of hydrogen-bond donors (Lipinski definition) is 3. The molecule has 0 aliphatic heterocycles. The van der Waals surface area contributed by atoms with Gasteiger partial charge in [-0.15, -0.1) is 0 Å². The summed E-state index contributed by atoms with van der Waals surface area (Å²) in [5, 5.41) is 14.2. The summed E-state index contributed by atoms with van der Waals surface area (Å²) in [4.78, 5) is 47.9. The maximum absolute atomic E-state index is 13.1. The van der Waals surface area contributed by atoms with Crippen LogP contribution >= 0.6 is 0 Å². The molecule has 0 unspecified atom stereocenters. The average molecular weight is 564 g/mol. The first kappa shape index (κ1) is 32.2. The number of rotatable bonds is 10. The molecule has 0 bridgehead atoms. The summed E-state index contributed by atoms with van der Waals surface area (Å²) in [6, 6.07) is 5.86. The second-order valence-corrected chi connectivity index (χ2v) is 8.30. The van der Waals surface area contributed by atoms with Crippen molar-refractivity contribution in [2.45, 2.75) is 27.7 Å². The van der Waals surface area contributed by atoms with Crippen molar-refractivity contribution in [1.82, 2.24) is 24.2 Å². The van der Waals surface area contributed by atoms with Crippen LogP contribution in [-0.4, -0.2) is 61.5 Å². The molecule has 3 aromatic heterocycles. The highest BCUT2D eigenvalue weighted by molar-refractivity contribution is 6.04. The zero-order valence-electron chi connectivity index (χ0n) is 24.2. The molecular weight excluding hydrogens is 526 g/mol. The summed E-state index contributed by atoms with van der Waals surface area (Å²) >= 11 is 0. The Morgan fingerprint density at radius 2 is 1.88 bits per heavy atom. The van der Waals surface area contributed by atoms with E-state index in [1.807, 2.05) is 13.8 Å². The van der Waals surface area contributed by atoms with Crippen LogP contribution in [0.3, 0.4) is 0 Å². The van der Waals surface area contributed by atoms with Crippen molar-refractivity contribution in [2.24, 2.45) is 7.05 Å². The van der Waals surface area contributed by atoms with Crippen molar-refractivity contribution in [3.8, 4) is 11.5 Å². The minimum absolute atomic E-state index is 0.00183. The highest BCUT2D eigenvalue weighted by atomic mass is 16.5. The predicted molar refractivity (Wildman–Crippen MR) is 160 cm³/mol. The number of anilines is 2. The molecule has 12 heteroatoms. The Kier molecular flexibility index (Phi) is 12.3. The number of amides is 3. The molecule has 3 N–H and O–H groups in total. The van der Waals surface area contributed by atoms with Crippen LogP contribution in [0.4, 0.5) is 16.4 Å². The van der Waals surface area contributed by atoms with Gasteiger partial charge in [-0.25, -0.2) is 19.4 Å². The van der Waals surface area contributed by atoms with Crippen LogP contribution in [0.2, 0.25) is 0 Å². The van der Waals surface area contributed by atoms with E-state index in [1.165, 1.54) is 28.0 Å². The van der Waals surface area contributed by atoms with Crippen molar-refractivity contribution < 1.29 is 19.4 Å². The van der Waals surface area contributed by atoms with Crippen molar-refractivity contribution >= 4 is 29.3 Å². The average Bonchev–Trinajstić information content (AvgIpc) is 3.19. The fraction of sp³-hybridized carbons (Fsp3) is 0.276. The lowest BCUT2D eigenvalue weighted by Crippen LogP contribution is -2.33. The minimum atomic E-state index is -0.586. The summed E-state index contributed by atoms with van der Waals surface area (Å²) in [5.41, 5.74) is 0.631. The molecule has 12 nitrogen and oxygen atoms in total. The number of carbonyl (C=O) groups is 2. The van der Waals surface area contributed by atoms with Crippen molar-refractivity contribution in [1.29, 1.82) is 0 Å². The molecule has 0 fully saturated rings. The molecule has 0 saturated heterocycles. The number of ether oxygens (including phenoxy) is 1. The third-order valence-corrected chi connectivity index (χ3v) is 5.69. The Labute approximate surface area is 239 Å². The number of allylic oxidation sites excluding steroid dienone is 5. The van der Waals surface area contributed by atoms with Gasteiger partial charge in [0.15, 0.2) is 0 Å². The van der Waals surface area contributed by atoms with Gasteiger partial charge < -0.3 is 20.1 Å². The molecule has 3 aromatic rings. The highest BCUT2D eigenvalue weighted by Crippen LogP contribution is 2.23. The molecule has 218 valence electrons. The fourth-order valence-corrected chi connectivity index (χ4v) is 3.55. The van der Waals surface area contributed by atoms with E-state index in [9.17, 15) is 14.4 Å². The Morgan fingerprint density at radius 3 is 2.49 bits per heavy atom. The first-order valence-corrected chi connectivity index (χ1v) is 13.0. The summed E-state index contributed by atoms with van der Waals surface area (Å²) in [6.07, 6.45) is 9.68. The van der Waals surface area contributed by atoms with Gasteiger partial charge in [-0.2, -0.15) is 0 Å². The first-order chi connectivity index (χ1) is 19.7. The summed E-state index contributed by atoms with van der Waals surface area (Å²) in [7, 11) is 3.25. The molecule has 0 aliphatic rings. The summed E-state index contributed by atoms with van der Waals surface area (Å²) < 4.78 is 8.80. The normalized spacial score (nSPS) is 11.0. The van der Waals surface area contributed by atoms with E-state index in [1.54, 1.807) is 75.1 Å². The third-order valence-electron chi connectivity index (χ3n) is 5.69. The monoisotopic (exact) mass is 563 g/mol. The number of carbonyl (C=O) groups excluding carboxylic acids is 2. The number of nitrogens with one attached hydrogen (secondary N) is 2. The summed E-state index contributed by atoms with van der Waals surface area (Å²) in [6.45, 7) is 11.2. The first-order valence-electron chi connectivity index (χ1n) is 13.0. The molecule has 0 saturated carbocycles. The zero-order valence-corrected chi connectivity index (χ0v) is 24.2. The number of aliphatic hydroxyl groups excluding tert-OH is 1. The zero-order chi connectivity index (χ0) is 30.5. The van der Waals surface area contributed by atoms with E-state index in [-0.39, 0.29) is 30.4 Å². The molecule has 0 aromatic carbocycles. The van der Waals surface area contributed by atoms with Gasteiger partial charge in [-0.05, 0) is 38.1 Å². The number of urea groups is 1. The third kappa shape index (κ3) is 8.26. The molecule has 0 spiro atoms. The topological polar surface area (TPSA) is 144 Å². The quantitative estimate of drug-likeness (QED) is 0.310. The van der Waals surface area contributed by atoms with Gasteiger partial charge in [0.2, 0.25) is 0 Å². The van der Waals surface area contributed by atoms with Crippen molar-refractivity contribution in [3.05, 3.63) is 89.2 Å². The van der Waals surface area contributed by atoms with Crippen LogP contribution in [0, 0.1) is 6.92 Å². The van der Waals surface area contributed by atoms with Gasteiger partial charge in [0.05, 0.1) is 24.2 Å². The van der Waals surface area contributed by atoms with Gasteiger partial charge >= 0.3 is 6.03 Å². The standard InChI is InChI=1S/C27H31N7O5.C2H6/c1-6-8-9-19(7-2)34-26(37)24(18(3)33(34)5)25(36)30-22-11-10-21(17-29-22)39-20-12-13-28-23(16-20)31-27(38)32(4)14-15-35;1-2/h6-13,16-17,35H,1,14-15H2,2-5H3,(H,28,31,38)(H,29,30,36);1-2H3/b9-8-,19-7+;. The van der Waals surface area contributed by atoms with E-state index in [4.69, 9.17) is 9.84 Å². The number of likely N-dealkylation sites (N-methyl/N-ethyl adjacent to an activating group) is 1. The second kappa shape index (κ2) is 15.6. The number of hydrogen-bond acceptors (Lipinski definition) is 7. The maximum atomic E-state index is 13.1. The largest absolute Gasteiger partial charge is 0.456 e. The number of aliphatic hydroxyl groups is 1. The van der Waals surface area contributed by atoms with Gasteiger partial charge in [-0.1, -0.05) is 38.7 Å². The van der Waals surface area contributed by atoms with Crippen LogP contribution in [0.5, 0.6) is 11.5 Å². The van der Waals surface area contributed by atoms with E-state index in [0.29, 0.717) is 22.9 Å². The van der Waals surface area contributed by atoms with E-state index < -0.39 is 17.5 Å². The van der Waals surface area contributed by atoms with Crippen LogP contribution in [0.25, 0.3) is 5.70 Å². The van der Waals surface area contributed by atoms with Crippen LogP contribution in [0.1, 0.15) is 36.8 Å². The van der Waals surface area contributed by atoms with Crippen LogP contribution < -0.4 is 20.9 Å². The lowest BCUT2D eigenvalue weighted by atomic mass is 10.2. The lowest BCUT2D eigenvalue weighted by Gasteiger charge is -2.16. The molecule has 41 heavy (non-hydrogen) atoms. The van der Waals surface area contributed by atoms with Crippen molar-refractivity contribution in [2.75, 3.05) is 30.8 Å². The predicted octanol–water partition coefficient (Wildman–Crippen LogP) is 4.42. The lowest BCUT2D eigenvalue weighted by molar-refractivity contribution is 0.102. The fourth-order valence-electron chi connectivity index (χ4n) is 3.55. The van der Waals surface area contributed by atoms with Gasteiger partial charge in [0, 0.05) is 32.9 Å². The Bertz CT molecular complexity index is 1470. The Morgan fingerprint density at radius 1 is 1.15 bits per heavy atom. The minimum Gasteiger partial charge on any atom is -0.456 e. The molecular formula is C29H37N7O5. The van der Waals surface area contributed by atoms with Crippen LogP contribution in [-0.2, 0) is 7.05 Å². The van der Waals surface area contributed by atoms with Gasteiger partial charge in [-0.3, -0.25) is 19.6 Å². The smallest absolute Gasteiger partial charge is 0.322 e. The summed E-state index contributed by atoms with van der Waals surface area (Å²) in [5.74, 6) is 0.684. The Hall–Kier alpha value is -4.97. The number of nitrogens with zero attached hydrogens (tertiary/aromatic N) is 5. The number of aromatic nitrogens is 4. The van der Waals surface area contributed by atoms with E-state index >= 15 is 0 Å². The van der Waals surface area contributed by atoms with Crippen LogP contribution in [0.15, 0.2) is 72.3 Å². The Balaban J connectivity index is 0.00000287. The van der Waals surface area contributed by atoms with E-state index in [2.05, 4.69) is 27.2 Å². The van der Waals surface area contributed by atoms with Gasteiger partial charge in [0.1, 0.15) is 28.7 Å². The molecule has 3 rings (SSSR count). The molecule has 0 aliphatic carbocycles. The van der Waals surface area contributed by atoms with Crippen molar-refractivity contribution in [3.63, 3.8) is 0 Å². The van der Waals surface area contributed by atoms with E-state index in [0.717, 1.165) is 0 Å². The molecule has 3 heterocycles. The molecule has 0 atom stereocenters. The SMILES string of the molecule is C=C/C=C\C(=C/C)n1c(=O)c(C(=O)Nc2ccc(Oc3ccnc(NC(=O)N(C)CCO)c3)cn2)c(C)n1C.CC. The maximum Gasteiger partial charge on any atom is 0.322 e. The van der Waals surface area contributed by atoms with Gasteiger partial charge in [0.25, 0.3) is 11.5 Å². The number of pyridine rings is 2. The highest BCUT2D eigenvalue weighted by Gasteiger charge is 2.22.